The van der Waals surface area contributed by atoms with E-state index in [-0.39, 0.29) is 17.6 Å². The zero-order valence-corrected chi connectivity index (χ0v) is 19.2. The Balaban J connectivity index is 1.53. The number of likely N-dealkylation sites (tertiary alicyclic amines) is 1. The third kappa shape index (κ3) is 5.28. The Labute approximate surface area is 191 Å². The predicted molar refractivity (Wildman–Crippen MR) is 118 cm³/mol. The minimum absolute atomic E-state index is 0.171. The summed E-state index contributed by atoms with van der Waals surface area (Å²) in [6, 6.07) is 13.4. The van der Waals surface area contributed by atoms with E-state index in [2.05, 4.69) is 14.4 Å². The van der Waals surface area contributed by atoms with Gasteiger partial charge in [-0.3, -0.25) is 9.62 Å². The molecule has 33 heavy (non-hydrogen) atoms. The molecule has 2 aromatic carbocycles. The topological polar surface area (TPSA) is 67.9 Å². The number of methoxy groups -OCH3 is 1. The lowest BCUT2D eigenvalue weighted by atomic mass is 9.74. The second-order valence-corrected chi connectivity index (χ2v) is 10.6. The van der Waals surface area contributed by atoms with Gasteiger partial charge in [-0.1, -0.05) is 24.3 Å². The number of piperidine rings is 1. The Morgan fingerprint density at radius 2 is 1.76 bits per heavy atom. The van der Waals surface area contributed by atoms with Gasteiger partial charge in [-0.15, -0.1) is 13.2 Å². The maximum atomic E-state index is 12.6. The standard InChI is InChI=1S/C23H27F3N2O4S/c1-31-22(17-6-4-7-20(12-17)27-33(2,29)30)18-9-10-19(22)15-28(14-18)13-16-5-3-8-21(11-16)32-23(24,25)26/h3-8,11-12,18-19,27H,9-10,13-15H2,1-2H3. The lowest BCUT2D eigenvalue weighted by Gasteiger charge is -2.47. The van der Waals surface area contributed by atoms with Gasteiger partial charge in [0, 0.05) is 44.3 Å². The SMILES string of the molecule is COC1(c2cccc(NS(C)(=O)=O)c2)C2CCC1CN(Cc1cccc(OC(F)(F)F)c1)C2. The van der Waals surface area contributed by atoms with Crippen molar-refractivity contribution in [1.29, 1.82) is 0 Å². The first-order valence-electron chi connectivity index (χ1n) is 10.7. The van der Waals surface area contributed by atoms with Gasteiger partial charge < -0.3 is 9.47 Å². The van der Waals surface area contributed by atoms with Crippen molar-refractivity contribution < 1.29 is 31.1 Å². The van der Waals surface area contributed by atoms with Crippen molar-refractivity contribution in [1.82, 2.24) is 4.90 Å². The molecule has 1 heterocycles. The van der Waals surface area contributed by atoms with Crippen LogP contribution in [0.15, 0.2) is 48.5 Å². The number of ether oxygens (including phenoxy) is 2. The third-order valence-corrected chi connectivity index (χ3v) is 7.13. The molecular formula is C23H27F3N2O4S. The Kier molecular flexibility index (Phi) is 6.36. The second-order valence-electron chi connectivity index (χ2n) is 8.81. The summed E-state index contributed by atoms with van der Waals surface area (Å²) in [4.78, 5) is 2.24. The molecule has 180 valence electrons. The summed E-state index contributed by atoms with van der Waals surface area (Å²) >= 11 is 0. The zero-order valence-electron chi connectivity index (χ0n) is 18.4. The van der Waals surface area contributed by atoms with E-state index in [1.807, 2.05) is 18.2 Å². The number of rotatable bonds is 7. The number of nitrogens with one attached hydrogen (secondary N) is 1. The number of fused-ring (bicyclic) bond motifs is 2. The van der Waals surface area contributed by atoms with Crippen molar-refractivity contribution in [3.63, 3.8) is 0 Å². The van der Waals surface area contributed by atoms with Crippen LogP contribution in [-0.4, -0.2) is 46.1 Å². The molecule has 1 aliphatic heterocycles. The van der Waals surface area contributed by atoms with Gasteiger partial charge in [-0.25, -0.2) is 8.42 Å². The number of benzene rings is 2. The third-order valence-electron chi connectivity index (χ3n) is 6.53. The molecule has 0 spiro atoms. The maximum Gasteiger partial charge on any atom is 0.573 e. The largest absolute Gasteiger partial charge is 0.573 e. The van der Waals surface area contributed by atoms with Crippen LogP contribution >= 0.6 is 0 Å². The van der Waals surface area contributed by atoms with E-state index in [0.717, 1.165) is 43.3 Å². The summed E-state index contributed by atoms with van der Waals surface area (Å²) in [7, 11) is -1.71. The van der Waals surface area contributed by atoms with Crippen LogP contribution in [0.5, 0.6) is 5.75 Å². The molecule has 6 nitrogen and oxygen atoms in total. The minimum Gasteiger partial charge on any atom is -0.406 e. The van der Waals surface area contributed by atoms with E-state index in [0.29, 0.717) is 12.2 Å². The zero-order chi connectivity index (χ0) is 23.9. The molecular weight excluding hydrogens is 457 g/mol. The first-order chi connectivity index (χ1) is 15.5. The van der Waals surface area contributed by atoms with Crippen LogP contribution in [-0.2, 0) is 26.9 Å². The Morgan fingerprint density at radius 1 is 1.09 bits per heavy atom. The Bertz CT molecular complexity index is 1090. The van der Waals surface area contributed by atoms with Gasteiger partial charge in [-0.05, 0) is 48.2 Å². The first kappa shape index (κ1) is 23.8. The highest BCUT2D eigenvalue weighted by Crippen LogP contribution is 2.54. The fourth-order valence-electron chi connectivity index (χ4n) is 5.51. The van der Waals surface area contributed by atoms with E-state index in [1.54, 1.807) is 25.3 Å². The van der Waals surface area contributed by atoms with Crippen LogP contribution in [0.3, 0.4) is 0 Å². The second kappa shape index (κ2) is 8.81. The van der Waals surface area contributed by atoms with Gasteiger partial charge in [0.05, 0.1) is 6.26 Å². The number of anilines is 1. The fraction of sp³-hybridized carbons (Fsp3) is 0.478. The first-order valence-corrected chi connectivity index (χ1v) is 12.6. The fourth-order valence-corrected chi connectivity index (χ4v) is 6.06. The van der Waals surface area contributed by atoms with Crippen molar-refractivity contribution in [2.24, 2.45) is 11.8 Å². The van der Waals surface area contributed by atoms with E-state index in [4.69, 9.17) is 4.74 Å². The van der Waals surface area contributed by atoms with Crippen molar-refractivity contribution in [2.75, 3.05) is 31.2 Å². The average molecular weight is 485 g/mol. The van der Waals surface area contributed by atoms with E-state index in [1.165, 1.54) is 12.1 Å². The molecule has 2 fully saturated rings. The van der Waals surface area contributed by atoms with Crippen LogP contribution in [0.4, 0.5) is 18.9 Å². The summed E-state index contributed by atoms with van der Waals surface area (Å²) in [6.07, 6.45) is -1.70. The van der Waals surface area contributed by atoms with Crippen molar-refractivity contribution in [3.05, 3.63) is 59.7 Å². The van der Waals surface area contributed by atoms with Crippen LogP contribution in [0.2, 0.25) is 0 Å². The number of nitrogens with zero attached hydrogens (tertiary/aromatic N) is 1. The summed E-state index contributed by atoms with van der Waals surface area (Å²) < 4.78 is 73.8. The molecule has 1 aliphatic carbocycles. The van der Waals surface area contributed by atoms with Crippen LogP contribution in [0.25, 0.3) is 0 Å². The van der Waals surface area contributed by atoms with Gasteiger partial charge in [0.15, 0.2) is 0 Å². The molecule has 2 bridgehead atoms. The van der Waals surface area contributed by atoms with Gasteiger partial charge in [0.1, 0.15) is 11.4 Å². The van der Waals surface area contributed by atoms with Crippen molar-refractivity contribution in [2.45, 2.75) is 31.3 Å². The lowest BCUT2D eigenvalue weighted by Crippen LogP contribution is -2.52. The molecule has 0 amide bonds. The average Bonchev–Trinajstić information content (AvgIpc) is 2.89. The number of hydrogen-bond acceptors (Lipinski definition) is 5. The molecule has 2 atom stereocenters. The highest BCUT2D eigenvalue weighted by atomic mass is 32.2. The highest BCUT2D eigenvalue weighted by molar-refractivity contribution is 7.92. The summed E-state index contributed by atoms with van der Waals surface area (Å²) in [5.74, 6) is 0.120. The molecule has 2 aromatic rings. The van der Waals surface area contributed by atoms with Crippen molar-refractivity contribution in [3.8, 4) is 5.75 Å². The Morgan fingerprint density at radius 3 is 2.36 bits per heavy atom. The van der Waals surface area contributed by atoms with E-state index in [9.17, 15) is 21.6 Å². The highest BCUT2D eigenvalue weighted by Gasteiger charge is 2.55. The number of alkyl halides is 3. The quantitative estimate of drug-likeness (QED) is 0.633. The number of halogens is 3. The number of sulfonamides is 1. The maximum absolute atomic E-state index is 12.6. The minimum atomic E-state index is -4.72. The van der Waals surface area contributed by atoms with Crippen molar-refractivity contribution >= 4 is 15.7 Å². The summed E-state index contributed by atoms with van der Waals surface area (Å²) in [5, 5.41) is 0. The molecule has 2 aliphatic rings. The summed E-state index contributed by atoms with van der Waals surface area (Å²) in [5.41, 5.74) is 1.65. The normalized spacial score (nSPS) is 25.7. The van der Waals surface area contributed by atoms with Crippen LogP contribution in [0.1, 0.15) is 24.0 Å². The predicted octanol–water partition coefficient (Wildman–Crippen LogP) is 4.34. The Hall–Kier alpha value is -2.30. The van der Waals surface area contributed by atoms with Gasteiger partial charge in [0.25, 0.3) is 0 Å². The molecule has 10 heteroatoms. The van der Waals surface area contributed by atoms with Gasteiger partial charge >= 0.3 is 6.36 Å². The van der Waals surface area contributed by atoms with Gasteiger partial charge in [0.2, 0.25) is 10.0 Å². The molecule has 1 N–H and O–H groups in total. The number of hydrogen-bond donors (Lipinski definition) is 1. The van der Waals surface area contributed by atoms with E-state index >= 15 is 0 Å². The molecule has 0 radical (unpaired) electrons. The van der Waals surface area contributed by atoms with Crippen LogP contribution in [0, 0.1) is 11.8 Å². The smallest absolute Gasteiger partial charge is 0.406 e. The molecule has 4 rings (SSSR count). The molecule has 0 aromatic heterocycles. The van der Waals surface area contributed by atoms with E-state index < -0.39 is 22.0 Å². The summed E-state index contributed by atoms with van der Waals surface area (Å²) in [6.45, 7) is 1.95. The van der Waals surface area contributed by atoms with Crippen LogP contribution < -0.4 is 9.46 Å². The molecule has 1 saturated carbocycles. The van der Waals surface area contributed by atoms with Gasteiger partial charge in [-0.2, -0.15) is 0 Å². The molecule has 2 unspecified atom stereocenters. The lowest BCUT2D eigenvalue weighted by molar-refractivity contribution is -0.274. The monoisotopic (exact) mass is 484 g/mol. The molecule has 1 saturated heterocycles.